The molecule has 3 rings (SSSR count). The van der Waals surface area contributed by atoms with Crippen LogP contribution in [-0.2, 0) is 4.74 Å². The lowest BCUT2D eigenvalue weighted by molar-refractivity contribution is 0.0600. The molecule has 1 N–H and O–H groups in total. The van der Waals surface area contributed by atoms with Crippen LogP contribution < -0.4 is 10.2 Å². The average molecular weight is 399 g/mol. The van der Waals surface area contributed by atoms with Crippen molar-refractivity contribution < 1.29 is 14.3 Å². The van der Waals surface area contributed by atoms with Crippen molar-refractivity contribution in [1.29, 1.82) is 5.26 Å². The number of piperazine rings is 1. The normalized spacial score (nSPS) is 13.6. The molecule has 1 fully saturated rings. The lowest BCUT2D eigenvalue weighted by atomic mass is 10.1. The number of carbonyl (C=O) groups is 2. The summed E-state index contributed by atoms with van der Waals surface area (Å²) in [7, 11) is 1.33. The molecule has 0 saturated carbocycles. The summed E-state index contributed by atoms with van der Waals surface area (Å²) in [4.78, 5) is 28.0. The highest BCUT2D eigenvalue weighted by Gasteiger charge is 2.23. The van der Waals surface area contributed by atoms with E-state index in [1.807, 2.05) is 11.0 Å². The molecule has 144 valence electrons. The van der Waals surface area contributed by atoms with E-state index in [-0.39, 0.29) is 6.03 Å². The molecule has 2 aromatic rings. The zero-order chi connectivity index (χ0) is 20.1. The maximum atomic E-state index is 12.5. The fourth-order valence-electron chi connectivity index (χ4n) is 3.02. The van der Waals surface area contributed by atoms with Crippen LogP contribution in [0.3, 0.4) is 0 Å². The molecule has 0 atom stereocenters. The third kappa shape index (κ3) is 4.35. The Hall–Kier alpha value is -3.24. The summed E-state index contributed by atoms with van der Waals surface area (Å²) >= 11 is 6.30. The Morgan fingerprint density at radius 3 is 2.57 bits per heavy atom. The standard InChI is InChI=1S/C20H19ClN4O3/c1-28-19(26)15-5-6-17(21)18(12-15)24-7-9-25(10-8-24)20(27)23-16-4-2-3-14(11-16)13-22/h2-6,11-12H,7-10H2,1H3,(H,23,27). The number of rotatable bonds is 3. The van der Waals surface area contributed by atoms with Gasteiger partial charge in [-0.25, -0.2) is 9.59 Å². The number of anilines is 2. The summed E-state index contributed by atoms with van der Waals surface area (Å²) in [6, 6.07) is 13.6. The number of urea groups is 1. The fraction of sp³-hybridized carbons (Fsp3) is 0.250. The van der Waals surface area contributed by atoms with Crippen molar-refractivity contribution in [3.8, 4) is 6.07 Å². The van der Waals surface area contributed by atoms with Crippen LogP contribution in [0.2, 0.25) is 5.02 Å². The van der Waals surface area contributed by atoms with Gasteiger partial charge in [-0.3, -0.25) is 0 Å². The number of methoxy groups -OCH3 is 1. The Labute approximate surface area is 168 Å². The van der Waals surface area contributed by atoms with Gasteiger partial charge < -0.3 is 19.9 Å². The number of carbonyl (C=O) groups excluding carboxylic acids is 2. The molecule has 0 aromatic heterocycles. The number of ether oxygens (including phenoxy) is 1. The van der Waals surface area contributed by atoms with E-state index in [0.717, 1.165) is 5.69 Å². The Kier molecular flexibility index (Phi) is 6.02. The molecule has 1 heterocycles. The smallest absolute Gasteiger partial charge is 0.337 e. The van der Waals surface area contributed by atoms with E-state index in [2.05, 4.69) is 5.32 Å². The first-order valence-corrected chi connectivity index (χ1v) is 9.08. The lowest BCUT2D eigenvalue weighted by Gasteiger charge is -2.36. The molecule has 2 amide bonds. The summed E-state index contributed by atoms with van der Waals surface area (Å²) in [6.45, 7) is 2.16. The summed E-state index contributed by atoms with van der Waals surface area (Å²) in [5.74, 6) is -0.421. The monoisotopic (exact) mass is 398 g/mol. The van der Waals surface area contributed by atoms with E-state index in [9.17, 15) is 9.59 Å². The van der Waals surface area contributed by atoms with Gasteiger partial charge in [0.25, 0.3) is 0 Å². The van der Waals surface area contributed by atoms with Gasteiger partial charge in [0.15, 0.2) is 0 Å². The molecular formula is C20H19ClN4O3. The molecule has 2 aromatic carbocycles. The quantitative estimate of drug-likeness (QED) is 0.801. The Morgan fingerprint density at radius 2 is 1.89 bits per heavy atom. The minimum Gasteiger partial charge on any atom is -0.465 e. The number of halogens is 1. The molecule has 28 heavy (non-hydrogen) atoms. The van der Waals surface area contributed by atoms with Crippen LogP contribution in [-0.4, -0.2) is 50.2 Å². The maximum Gasteiger partial charge on any atom is 0.337 e. The van der Waals surface area contributed by atoms with Crippen molar-refractivity contribution in [2.45, 2.75) is 0 Å². The van der Waals surface area contributed by atoms with Gasteiger partial charge in [0.1, 0.15) is 0 Å². The second-order valence-corrected chi connectivity index (χ2v) is 6.66. The summed E-state index contributed by atoms with van der Waals surface area (Å²) in [5.41, 5.74) is 2.24. The van der Waals surface area contributed by atoms with Crippen molar-refractivity contribution in [1.82, 2.24) is 4.90 Å². The SMILES string of the molecule is COC(=O)c1ccc(Cl)c(N2CCN(C(=O)Nc3cccc(C#N)c3)CC2)c1. The number of esters is 1. The van der Waals surface area contributed by atoms with Crippen LogP contribution in [0.1, 0.15) is 15.9 Å². The number of nitriles is 1. The van der Waals surface area contributed by atoms with Crippen molar-refractivity contribution in [2.75, 3.05) is 43.5 Å². The van der Waals surface area contributed by atoms with Crippen LogP contribution in [0, 0.1) is 11.3 Å². The fourth-order valence-corrected chi connectivity index (χ4v) is 3.26. The van der Waals surface area contributed by atoms with Crippen molar-refractivity contribution in [3.63, 3.8) is 0 Å². The third-order valence-corrected chi connectivity index (χ3v) is 4.84. The largest absolute Gasteiger partial charge is 0.465 e. The van der Waals surface area contributed by atoms with E-state index in [1.54, 1.807) is 47.4 Å². The first kappa shape index (κ1) is 19.5. The molecule has 8 heteroatoms. The van der Waals surface area contributed by atoms with E-state index in [0.29, 0.717) is 48.0 Å². The van der Waals surface area contributed by atoms with Gasteiger partial charge in [0.05, 0.1) is 35.0 Å². The summed E-state index contributed by atoms with van der Waals surface area (Å²) in [6.07, 6.45) is 0. The summed E-state index contributed by atoms with van der Waals surface area (Å²) in [5, 5.41) is 12.3. The average Bonchev–Trinajstić information content (AvgIpc) is 2.73. The van der Waals surface area contributed by atoms with Gasteiger partial charge in [0.2, 0.25) is 0 Å². The third-order valence-electron chi connectivity index (χ3n) is 4.52. The number of nitrogens with one attached hydrogen (secondary N) is 1. The van der Waals surface area contributed by atoms with Crippen LogP contribution in [0.5, 0.6) is 0 Å². The molecule has 1 aliphatic rings. The predicted molar refractivity (Wildman–Crippen MR) is 107 cm³/mol. The number of benzene rings is 2. The van der Waals surface area contributed by atoms with Crippen LogP contribution in [0.15, 0.2) is 42.5 Å². The van der Waals surface area contributed by atoms with Gasteiger partial charge in [-0.05, 0) is 36.4 Å². The van der Waals surface area contributed by atoms with Gasteiger partial charge >= 0.3 is 12.0 Å². The molecule has 0 radical (unpaired) electrons. The predicted octanol–water partition coefficient (Wildman–Crippen LogP) is 3.35. The number of hydrogen-bond acceptors (Lipinski definition) is 5. The topological polar surface area (TPSA) is 85.7 Å². The minimum atomic E-state index is -0.421. The van der Waals surface area contributed by atoms with Crippen LogP contribution >= 0.6 is 11.6 Å². The maximum absolute atomic E-state index is 12.5. The van der Waals surface area contributed by atoms with Crippen LogP contribution in [0.25, 0.3) is 0 Å². The van der Waals surface area contributed by atoms with E-state index >= 15 is 0 Å². The highest BCUT2D eigenvalue weighted by Crippen LogP contribution is 2.28. The van der Waals surface area contributed by atoms with E-state index in [4.69, 9.17) is 21.6 Å². The molecule has 0 spiro atoms. The van der Waals surface area contributed by atoms with Gasteiger partial charge in [-0.15, -0.1) is 0 Å². The van der Waals surface area contributed by atoms with Gasteiger partial charge in [-0.1, -0.05) is 17.7 Å². The molecular weight excluding hydrogens is 380 g/mol. The zero-order valence-electron chi connectivity index (χ0n) is 15.3. The molecule has 7 nitrogen and oxygen atoms in total. The lowest BCUT2D eigenvalue weighted by Crippen LogP contribution is -2.50. The van der Waals surface area contributed by atoms with Crippen molar-refractivity contribution >= 4 is 35.0 Å². The van der Waals surface area contributed by atoms with Crippen LogP contribution in [0.4, 0.5) is 16.2 Å². The molecule has 1 saturated heterocycles. The molecule has 0 unspecified atom stereocenters. The Morgan fingerprint density at radius 1 is 1.14 bits per heavy atom. The number of hydrogen-bond donors (Lipinski definition) is 1. The number of nitrogens with zero attached hydrogens (tertiary/aromatic N) is 3. The van der Waals surface area contributed by atoms with E-state index in [1.165, 1.54) is 7.11 Å². The Balaban J connectivity index is 1.63. The second kappa shape index (κ2) is 8.63. The van der Waals surface area contributed by atoms with Crippen molar-refractivity contribution in [2.24, 2.45) is 0 Å². The molecule has 1 aliphatic heterocycles. The second-order valence-electron chi connectivity index (χ2n) is 6.25. The molecule has 0 bridgehead atoms. The van der Waals surface area contributed by atoms with E-state index < -0.39 is 5.97 Å². The first-order valence-electron chi connectivity index (χ1n) is 8.70. The van der Waals surface area contributed by atoms with Gasteiger partial charge in [-0.2, -0.15) is 5.26 Å². The summed E-state index contributed by atoms with van der Waals surface area (Å²) < 4.78 is 4.76. The number of amides is 2. The van der Waals surface area contributed by atoms with Gasteiger partial charge in [0, 0.05) is 31.9 Å². The highest BCUT2D eigenvalue weighted by atomic mass is 35.5. The first-order chi connectivity index (χ1) is 13.5. The minimum absolute atomic E-state index is 0.218. The molecule has 0 aliphatic carbocycles. The zero-order valence-corrected chi connectivity index (χ0v) is 16.1. The Bertz CT molecular complexity index is 933. The highest BCUT2D eigenvalue weighted by molar-refractivity contribution is 6.33. The van der Waals surface area contributed by atoms with Crippen molar-refractivity contribution in [3.05, 3.63) is 58.6 Å².